The second-order valence-corrected chi connectivity index (χ2v) is 8.88. The number of benzene rings is 2. The predicted octanol–water partition coefficient (Wildman–Crippen LogP) is 6.46. The van der Waals surface area contributed by atoms with Crippen molar-refractivity contribution >= 4 is 17.7 Å². The highest BCUT2D eigenvalue weighted by Crippen LogP contribution is 2.36. The highest BCUT2D eigenvalue weighted by Gasteiger charge is 2.34. The van der Waals surface area contributed by atoms with Gasteiger partial charge in [0.1, 0.15) is 6.07 Å². The van der Waals surface area contributed by atoms with Gasteiger partial charge in [-0.05, 0) is 58.4 Å². The molecule has 0 saturated carbocycles. The lowest BCUT2D eigenvalue weighted by atomic mass is 9.92. The molecule has 0 bridgehead atoms. The minimum atomic E-state index is -4.53. The number of alkyl halides is 3. The Morgan fingerprint density at radius 1 is 1.08 bits per heavy atom. The largest absolute Gasteiger partial charge is 0.416 e. The van der Waals surface area contributed by atoms with Gasteiger partial charge in [-0.3, -0.25) is 4.90 Å². The van der Waals surface area contributed by atoms with Gasteiger partial charge in [0, 0.05) is 26.7 Å². The van der Waals surface area contributed by atoms with E-state index in [0.717, 1.165) is 24.0 Å². The van der Waals surface area contributed by atoms with E-state index in [-0.39, 0.29) is 12.2 Å². The van der Waals surface area contributed by atoms with Crippen molar-refractivity contribution in [1.29, 1.82) is 5.26 Å². The van der Waals surface area contributed by atoms with E-state index in [1.807, 2.05) is 18.2 Å². The molecule has 2 aromatic carbocycles. The monoisotopic (exact) mass is 494 g/mol. The molecule has 1 heterocycles. The van der Waals surface area contributed by atoms with Crippen LogP contribution in [0, 0.1) is 11.3 Å². The van der Waals surface area contributed by atoms with Crippen molar-refractivity contribution in [2.24, 2.45) is 0 Å². The molecular formula is C29H29F3N2O2. The van der Waals surface area contributed by atoms with E-state index in [1.165, 1.54) is 19.3 Å². The lowest BCUT2D eigenvalue weighted by molar-refractivity contribution is -0.137. The number of hydrogen-bond acceptors (Lipinski definition) is 4. The van der Waals surface area contributed by atoms with Gasteiger partial charge in [-0.1, -0.05) is 48.6 Å². The molecule has 1 fully saturated rings. The molecule has 0 N–H and O–H groups in total. The van der Waals surface area contributed by atoms with Gasteiger partial charge in [-0.2, -0.15) is 18.4 Å². The summed E-state index contributed by atoms with van der Waals surface area (Å²) in [6.45, 7) is 3.10. The number of allylic oxidation sites excluding steroid dienone is 4. The number of morpholine rings is 1. The van der Waals surface area contributed by atoms with Crippen molar-refractivity contribution in [2.75, 3.05) is 33.4 Å². The molecule has 0 unspecified atom stereocenters. The molecule has 188 valence electrons. The number of nitrogens with zero attached hydrogens (tertiary/aromatic N) is 2. The number of hydrogen-bond donors (Lipinski definition) is 0. The highest BCUT2D eigenvalue weighted by molar-refractivity contribution is 5.83. The van der Waals surface area contributed by atoms with Crippen LogP contribution in [0.5, 0.6) is 0 Å². The smallest absolute Gasteiger partial charge is 0.380 e. The molecule has 2 aromatic rings. The maximum absolute atomic E-state index is 14.1. The van der Waals surface area contributed by atoms with Crippen molar-refractivity contribution in [3.8, 4) is 6.07 Å². The molecule has 0 amide bonds. The number of halogens is 3. The summed E-state index contributed by atoms with van der Waals surface area (Å²) in [4.78, 5) is 2.09. The SMILES string of the molecule is COCc1cc(/C=C/c2cccc(C3=CCCC=C3)c2C#N)c(C(F)(F)F)cc1CN1CCOCC1. The first-order valence-corrected chi connectivity index (χ1v) is 12.0. The van der Waals surface area contributed by atoms with E-state index in [4.69, 9.17) is 9.47 Å². The summed E-state index contributed by atoms with van der Waals surface area (Å²) in [6.07, 6.45) is 6.49. The quantitative estimate of drug-likeness (QED) is 0.415. The molecule has 1 saturated heterocycles. The van der Waals surface area contributed by atoms with Gasteiger partial charge in [-0.25, -0.2) is 0 Å². The van der Waals surface area contributed by atoms with Crippen LogP contribution < -0.4 is 0 Å². The molecule has 0 radical (unpaired) electrons. The molecule has 0 spiro atoms. The van der Waals surface area contributed by atoms with E-state index in [9.17, 15) is 18.4 Å². The van der Waals surface area contributed by atoms with Crippen LogP contribution in [-0.4, -0.2) is 38.3 Å². The summed E-state index contributed by atoms with van der Waals surface area (Å²) in [5.74, 6) is 0. The van der Waals surface area contributed by atoms with Crippen molar-refractivity contribution in [3.05, 3.63) is 87.5 Å². The van der Waals surface area contributed by atoms with E-state index in [1.54, 1.807) is 18.2 Å². The van der Waals surface area contributed by atoms with Crippen molar-refractivity contribution in [1.82, 2.24) is 4.90 Å². The minimum absolute atomic E-state index is 0.0475. The van der Waals surface area contributed by atoms with Gasteiger partial charge >= 0.3 is 6.18 Å². The van der Waals surface area contributed by atoms with Crippen LogP contribution in [0.25, 0.3) is 17.7 Å². The maximum atomic E-state index is 14.1. The lowest BCUT2D eigenvalue weighted by Gasteiger charge is -2.28. The Morgan fingerprint density at radius 3 is 2.53 bits per heavy atom. The molecular weight excluding hydrogens is 465 g/mol. The normalized spacial score (nSPS) is 16.8. The Bertz CT molecular complexity index is 1220. The number of methoxy groups -OCH3 is 1. The fraction of sp³-hybridized carbons (Fsp3) is 0.345. The molecule has 4 rings (SSSR count). The van der Waals surface area contributed by atoms with Gasteiger partial charge in [0.05, 0.1) is 30.9 Å². The number of rotatable bonds is 7. The molecule has 7 heteroatoms. The van der Waals surface area contributed by atoms with Gasteiger partial charge in [0.25, 0.3) is 0 Å². The third-order valence-corrected chi connectivity index (χ3v) is 6.43. The zero-order chi connectivity index (χ0) is 25.5. The Hall–Kier alpha value is -3.18. The van der Waals surface area contributed by atoms with Gasteiger partial charge in [-0.15, -0.1) is 0 Å². The number of ether oxygens (including phenoxy) is 2. The standard InChI is InChI=1S/C29H29F3N2O2/c1-35-20-25-16-23(28(29(30,31)32)17-24(25)19-34-12-14-36-15-13-34)11-10-22-8-5-9-26(27(22)18-33)21-6-3-2-4-7-21/h3,5-11,16-17H,2,4,12-15,19-20H2,1H3/b11-10+. The zero-order valence-electron chi connectivity index (χ0n) is 20.3. The second-order valence-electron chi connectivity index (χ2n) is 8.88. The fourth-order valence-corrected chi connectivity index (χ4v) is 4.60. The summed E-state index contributed by atoms with van der Waals surface area (Å²) in [6, 6.07) is 10.5. The molecule has 36 heavy (non-hydrogen) atoms. The maximum Gasteiger partial charge on any atom is 0.416 e. The van der Waals surface area contributed by atoms with Crippen LogP contribution in [-0.2, 0) is 28.8 Å². The first kappa shape index (κ1) is 25.9. The molecule has 4 nitrogen and oxygen atoms in total. The third-order valence-electron chi connectivity index (χ3n) is 6.43. The Labute approximate surface area is 209 Å². The molecule has 0 aromatic heterocycles. The zero-order valence-corrected chi connectivity index (χ0v) is 20.3. The van der Waals surface area contributed by atoms with Crippen LogP contribution >= 0.6 is 0 Å². The summed E-state index contributed by atoms with van der Waals surface area (Å²) < 4.78 is 53.1. The van der Waals surface area contributed by atoms with E-state index in [2.05, 4.69) is 23.1 Å². The minimum Gasteiger partial charge on any atom is -0.380 e. The van der Waals surface area contributed by atoms with E-state index >= 15 is 0 Å². The van der Waals surface area contributed by atoms with Crippen LogP contribution in [0.3, 0.4) is 0 Å². The highest BCUT2D eigenvalue weighted by atomic mass is 19.4. The summed E-state index contributed by atoms with van der Waals surface area (Å²) in [7, 11) is 1.53. The van der Waals surface area contributed by atoms with Gasteiger partial charge in [0.15, 0.2) is 0 Å². The second kappa shape index (κ2) is 11.7. The van der Waals surface area contributed by atoms with E-state index < -0.39 is 11.7 Å². The fourth-order valence-electron chi connectivity index (χ4n) is 4.60. The average molecular weight is 495 g/mol. The Kier molecular flexibility index (Phi) is 8.42. The van der Waals surface area contributed by atoms with Crippen molar-refractivity contribution in [3.63, 3.8) is 0 Å². The Balaban J connectivity index is 1.73. The summed E-state index contributed by atoms with van der Waals surface area (Å²) >= 11 is 0. The Morgan fingerprint density at radius 2 is 1.86 bits per heavy atom. The number of nitriles is 1. The van der Waals surface area contributed by atoms with Gasteiger partial charge < -0.3 is 9.47 Å². The van der Waals surface area contributed by atoms with Crippen LogP contribution in [0.1, 0.15) is 51.8 Å². The van der Waals surface area contributed by atoms with Crippen molar-refractivity contribution < 1.29 is 22.6 Å². The van der Waals surface area contributed by atoms with Crippen molar-refractivity contribution in [2.45, 2.75) is 32.2 Å². The van der Waals surface area contributed by atoms with Gasteiger partial charge in [0.2, 0.25) is 0 Å². The van der Waals surface area contributed by atoms with Crippen LogP contribution in [0.15, 0.2) is 48.6 Å². The molecule has 1 aliphatic carbocycles. The summed E-state index contributed by atoms with van der Waals surface area (Å²) in [5.41, 5.74) is 3.42. The molecule has 0 atom stereocenters. The summed E-state index contributed by atoms with van der Waals surface area (Å²) in [5, 5.41) is 9.87. The first-order chi connectivity index (χ1) is 17.4. The first-order valence-electron chi connectivity index (χ1n) is 12.0. The molecule has 1 aliphatic heterocycles. The lowest BCUT2D eigenvalue weighted by Crippen LogP contribution is -2.36. The van der Waals surface area contributed by atoms with Crippen LogP contribution in [0.2, 0.25) is 0 Å². The van der Waals surface area contributed by atoms with E-state index in [0.29, 0.717) is 55.1 Å². The average Bonchev–Trinajstić information content (AvgIpc) is 2.89. The third kappa shape index (κ3) is 6.14. The molecule has 2 aliphatic rings. The van der Waals surface area contributed by atoms with Crippen LogP contribution in [0.4, 0.5) is 13.2 Å². The predicted molar refractivity (Wildman–Crippen MR) is 135 cm³/mol. The topological polar surface area (TPSA) is 45.5 Å².